The lowest BCUT2D eigenvalue weighted by Gasteiger charge is -2.32. The second kappa shape index (κ2) is 7.68. The monoisotopic (exact) mass is 335 g/mol. The lowest BCUT2D eigenvalue weighted by atomic mass is 9.81. The van der Waals surface area contributed by atoms with E-state index in [0.717, 1.165) is 56.4 Å². The smallest absolute Gasteiger partial charge is 0.223 e. The van der Waals surface area contributed by atoms with E-state index in [0.29, 0.717) is 5.92 Å². The standard InChI is InChI=1S/C19H33N3O2/c1-13(19(4,5)6)18(23)20-11-16-7-9-22(10-8-16)12-17-21-14(2)15(3)24-17/h13,16H,7-12H2,1-6H3,(H,20,23). The number of nitrogens with one attached hydrogen (secondary N) is 1. The Morgan fingerprint density at radius 2 is 1.96 bits per heavy atom. The first-order valence-electron chi connectivity index (χ1n) is 9.09. The summed E-state index contributed by atoms with van der Waals surface area (Å²) in [6.07, 6.45) is 2.23. The van der Waals surface area contributed by atoms with Crippen molar-refractivity contribution in [3.05, 3.63) is 17.3 Å². The molecular formula is C19H33N3O2. The Morgan fingerprint density at radius 1 is 1.33 bits per heavy atom. The van der Waals surface area contributed by atoms with Gasteiger partial charge in [0.05, 0.1) is 12.2 Å². The number of hydrogen-bond donors (Lipinski definition) is 1. The van der Waals surface area contributed by atoms with Crippen LogP contribution < -0.4 is 5.32 Å². The maximum absolute atomic E-state index is 12.2. The summed E-state index contributed by atoms with van der Waals surface area (Å²) in [5.41, 5.74) is 0.996. The fraction of sp³-hybridized carbons (Fsp3) is 0.789. The number of aryl methyl sites for hydroxylation is 2. The van der Waals surface area contributed by atoms with Gasteiger partial charge in [-0.25, -0.2) is 4.98 Å². The van der Waals surface area contributed by atoms with Gasteiger partial charge in [0.2, 0.25) is 11.8 Å². The van der Waals surface area contributed by atoms with Crippen molar-refractivity contribution in [1.82, 2.24) is 15.2 Å². The summed E-state index contributed by atoms with van der Waals surface area (Å²) in [4.78, 5) is 19.1. The lowest BCUT2D eigenvalue weighted by Crippen LogP contribution is -2.41. The van der Waals surface area contributed by atoms with Crippen LogP contribution in [-0.2, 0) is 11.3 Å². The summed E-state index contributed by atoms with van der Waals surface area (Å²) in [6, 6.07) is 0. The number of carbonyl (C=O) groups excluding carboxylic acids is 1. The van der Waals surface area contributed by atoms with E-state index in [9.17, 15) is 4.79 Å². The van der Waals surface area contributed by atoms with Crippen LogP contribution in [0.2, 0.25) is 0 Å². The van der Waals surface area contributed by atoms with E-state index in [1.165, 1.54) is 0 Å². The molecule has 1 aromatic rings. The molecule has 2 heterocycles. The van der Waals surface area contributed by atoms with Crippen LogP contribution in [0.15, 0.2) is 4.42 Å². The van der Waals surface area contributed by atoms with E-state index >= 15 is 0 Å². The van der Waals surface area contributed by atoms with Crippen LogP contribution in [0.4, 0.5) is 0 Å². The van der Waals surface area contributed by atoms with Crippen LogP contribution in [0.25, 0.3) is 0 Å². The van der Waals surface area contributed by atoms with Gasteiger partial charge in [0.25, 0.3) is 0 Å². The molecule has 0 aromatic carbocycles. The van der Waals surface area contributed by atoms with Crippen LogP contribution in [0.3, 0.4) is 0 Å². The second-order valence-corrected chi connectivity index (χ2v) is 8.30. The minimum absolute atomic E-state index is 0.0136. The van der Waals surface area contributed by atoms with Gasteiger partial charge in [0.1, 0.15) is 5.76 Å². The van der Waals surface area contributed by atoms with Crippen molar-refractivity contribution < 1.29 is 9.21 Å². The van der Waals surface area contributed by atoms with E-state index in [-0.39, 0.29) is 17.2 Å². The topological polar surface area (TPSA) is 58.4 Å². The zero-order valence-electron chi connectivity index (χ0n) is 16.1. The normalized spacial score (nSPS) is 18.6. The molecule has 2 rings (SSSR count). The Hall–Kier alpha value is -1.36. The van der Waals surface area contributed by atoms with Crippen LogP contribution >= 0.6 is 0 Å². The van der Waals surface area contributed by atoms with Gasteiger partial charge in [-0.1, -0.05) is 27.7 Å². The number of amides is 1. The van der Waals surface area contributed by atoms with E-state index in [1.807, 2.05) is 20.8 Å². The molecule has 1 aromatic heterocycles. The van der Waals surface area contributed by atoms with Crippen molar-refractivity contribution in [3.8, 4) is 0 Å². The molecule has 1 fully saturated rings. The highest BCUT2D eigenvalue weighted by Crippen LogP contribution is 2.25. The summed E-state index contributed by atoms with van der Waals surface area (Å²) < 4.78 is 5.67. The highest BCUT2D eigenvalue weighted by molar-refractivity contribution is 5.78. The number of likely N-dealkylation sites (tertiary alicyclic amines) is 1. The molecule has 1 atom stereocenters. The van der Waals surface area contributed by atoms with Gasteiger partial charge in [-0.15, -0.1) is 0 Å². The largest absolute Gasteiger partial charge is 0.444 e. The fourth-order valence-electron chi connectivity index (χ4n) is 2.94. The fourth-order valence-corrected chi connectivity index (χ4v) is 2.94. The number of hydrogen-bond acceptors (Lipinski definition) is 4. The molecule has 136 valence electrons. The van der Waals surface area contributed by atoms with Gasteiger partial charge in [-0.2, -0.15) is 0 Å². The van der Waals surface area contributed by atoms with E-state index in [4.69, 9.17) is 4.42 Å². The first-order chi connectivity index (χ1) is 11.2. The van der Waals surface area contributed by atoms with Gasteiger partial charge in [0, 0.05) is 12.5 Å². The van der Waals surface area contributed by atoms with Gasteiger partial charge < -0.3 is 9.73 Å². The average Bonchev–Trinajstić information content (AvgIpc) is 2.82. The summed E-state index contributed by atoms with van der Waals surface area (Å²) in [6.45, 7) is 15.9. The number of carbonyl (C=O) groups is 1. The molecule has 0 saturated carbocycles. The Labute approximate surface area is 146 Å². The number of oxazole rings is 1. The van der Waals surface area contributed by atoms with Crippen molar-refractivity contribution in [2.75, 3.05) is 19.6 Å². The molecule has 0 radical (unpaired) electrons. The average molecular weight is 335 g/mol. The maximum atomic E-state index is 12.2. The van der Waals surface area contributed by atoms with Crippen LogP contribution in [-0.4, -0.2) is 35.4 Å². The number of piperidine rings is 1. The summed E-state index contributed by atoms with van der Waals surface area (Å²) >= 11 is 0. The molecule has 1 aliphatic heterocycles. The summed E-state index contributed by atoms with van der Waals surface area (Å²) in [7, 11) is 0. The van der Waals surface area contributed by atoms with E-state index < -0.39 is 0 Å². The first kappa shape index (κ1) is 19.0. The number of rotatable bonds is 5. The molecule has 1 saturated heterocycles. The van der Waals surface area contributed by atoms with Crippen molar-refractivity contribution in [3.63, 3.8) is 0 Å². The third-order valence-corrected chi connectivity index (χ3v) is 5.40. The second-order valence-electron chi connectivity index (χ2n) is 8.30. The van der Waals surface area contributed by atoms with E-state index in [1.54, 1.807) is 0 Å². The number of nitrogens with zero attached hydrogens (tertiary/aromatic N) is 2. The molecule has 1 N–H and O–H groups in total. The maximum Gasteiger partial charge on any atom is 0.223 e. The molecule has 0 bridgehead atoms. The van der Waals surface area contributed by atoms with Gasteiger partial charge >= 0.3 is 0 Å². The molecular weight excluding hydrogens is 302 g/mol. The predicted molar refractivity (Wildman–Crippen MR) is 95.6 cm³/mol. The summed E-state index contributed by atoms with van der Waals surface area (Å²) in [5.74, 6) is 2.52. The third kappa shape index (κ3) is 5.07. The van der Waals surface area contributed by atoms with Crippen molar-refractivity contribution in [1.29, 1.82) is 0 Å². The zero-order valence-corrected chi connectivity index (χ0v) is 16.1. The van der Waals surface area contributed by atoms with Crippen molar-refractivity contribution in [2.24, 2.45) is 17.3 Å². The highest BCUT2D eigenvalue weighted by Gasteiger charge is 2.27. The van der Waals surface area contributed by atoms with Crippen LogP contribution in [0.1, 0.15) is 57.9 Å². The molecule has 1 unspecified atom stereocenters. The highest BCUT2D eigenvalue weighted by atomic mass is 16.4. The Kier molecular flexibility index (Phi) is 6.07. The Balaban J connectivity index is 1.72. The number of aromatic nitrogens is 1. The molecule has 5 heteroatoms. The van der Waals surface area contributed by atoms with E-state index in [2.05, 4.69) is 36.0 Å². The minimum atomic E-state index is 0.0136. The molecule has 0 spiro atoms. The Morgan fingerprint density at radius 3 is 2.46 bits per heavy atom. The van der Waals surface area contributed by atoms with Crippen molar-refractivity contribution >= 4 is 5.91 Å². The molecule has 0 aliphatic carbocycles. The molecule has 1 aliphatic rings. The first-order valence-corrected chi connectivity index (χ1v) is 9.09. The van der Waals surface area contributed by atoms with Gasteiger partial charge in [-0.05, 0) is 51.1 Å². The quantitative estimate of drug-likeness (QED) is 0.897. The summed E-state index contributed by atoms with van der Waals surface area (Å²) in [5, 5.41) is 3.15. The predicted octanol–water partition coefficient (Wildman–Crippen LogP) is 3.30. The van der Waals surface area contributed by atoms with Crippen LogP contribution in [0.5, 0.6) is 0 Å². The van der Waals surface area contributed by atoms with Crippen LogP contribution in [0, 0.1) is 31.1 Å². The SMILES string of the molecule is Cc1nc(CN2CCC(CNC(=O)C(C)C(C)(C)C)CC2)oc1C. The molecule has 1 amide bonds. The van der Waals surface area contributed by atoms with Gasteiger partial charge in [-0.3, -0.25) is 9.69 Å². The Bertz CT molecular complexity index is 532. The van der Waals surface area contributed by atoms with Crippen molar-refractivity contribution in [2.45, 2.75) is 60.9 Å². The minimum Gasteiger partial charge on any atom is -0.444 e. The zero-order chi connectivity index (χ0) is 17.9. The van der Waals surface area contributed by atoms with Gasteiger partial charge in [0.15, 0.2) is 0 Å². The third-order valence-electron chi connectivity index (χ3n) is 5.40. The lowest BCUT2D eigenvalue weighted by molar-refractivity contribution is -0.127. The molecule has 24 heavy (non-hydrogen) atoms. The molecule has 5 nitrogen and oxygen atoms in total.